The Bertz CT molecular complexity index is 551. The van der Waals surface area contributed by atoms with Crippen molar-refractivity contribution < 1.29 is 20.4 Å². The van der Waals surface area contributed by atoms with E-state index in [0.717, 1.165) is 0 Å². The van der Waals surface area contributed by atoms with Crippen LogP contribution in [0, 0.1) is 0 Å². The molecule has 0 spiro atoms. The van der Waals surface area contributed by atoms with Crippen LogP contribution >= 0.6 is 11.6 Å². The van der Waals surface area contributed by atoms with Gasteiger partial charge in [-0.25, -0.2) is 0 Å². The summed E-state index contributed by atoms with van der Waals surface area (Å²) in [7, 11) is 0. The normalized spacial score (nSPS) is 10.7. The summed E-state index contributed by atoms with van der Waals surface area (Å²) >= 11 is 5.70. The monoisotopic (exact) mass is 226 g/mol. The van der Waals surface area contributed by atoms with E-state index in [-0.39, 0.29) is 10.8 Å². The standard InChI is InChI=1S/C10H7ClO4/c11-4-1-2-5-6(3-4)8(13)10(15)9(14)7(5)12/h1-3,12-15H. The Morgan fingerprint density at radius 2 is 1.27 bits per heavy atom. The smallest absolute Gasteiger partial charge is 0.204 e. The van der Waals surface area contributed by atoms with Gasteiger partial charge in [0.05, 0.1) is 0 Å². The number of fused-ring (bicyclic) bond motifs is 1. The van der Waals surface area contributed by atoms with Crippen molar-refractivity contribution in [1.29, 1.82) is 0 Å². The highest BCUT2D eigenvalue weighted by molar-refractivity contribution is 6.31. The summed E-state index contributed by atoms with van der Waals surface area (Å²) < 4.78 is 0. The molecule has 4 nitrogen and oxygen atoms in total. The average Bonchev–Trinajstić information content (AvgIpc) is 2.23. The highest BCUT2D eigenvalue weighted by Crippen LogP contribution is 2.48. The van der Waals surface area contributed by atoms with Crippen LogP contribution in [0.2, 0.25) is 5.02 Å². The van der Waals surface area contributed by atoms with Crippen molar-refractivity contribution in [3.05, 3.63) is 23.2 Å². The molecule has 2 aromatic rings. The molecule has 0 amide bonds. The fourth-order valence-electron chi connectivity index (χ4n) is 1.40. The van der Waals surface area contributed by atoms with Crippen molar-refractivity contribution in [3.8, 4) is 23.0 Å². The zero-order valence-electron chi connectivity index (χ0n) is 7.40. The molecule has 0 aliphatic heterocycles. The van der Waals surface area contributed by atoms with Crippen LogP contribution in [0.5, 0.6) is 23.0 Å². The molecule has 2 rings (SSSR count). The predicted octanol–water partition coefficient (Wildman–Crippen LogP) is 2.32. The van der Waals surface area contributed by atoms with Crippen molar-refractivity contribution in [2.24, 2.45) is 0 Å². The average molecular weight is 227 g/mol. The zero-order valence-corrected chi connectivity index (χ0v) is 8.15. The predicted molar refractivity (Wildman–Crippen MR) is 55.6 cm³/mol. The third kappa shape index (κ3) is 1.30. The zero-order chi connectivity index (χ0) is 11.2. The summed E-state index contributed by atoms with van der Waals surface area (Å²) in [5.74, 6) is -2.51. The molecule has 0 aliphatic carbocycles. The molecule has 0 saturated carbocycles. The molecule has 4 N–H and O–H groups in total. The Kier molecular flexibility index (Phi) is 2.01. The molecule has 5 heteroatoms. The molecule has 0 aromatic heterocycles. The lowest BCUT2D eigenvalue weighted by atomic mass is 10.1. The first-order valence-electron chi connectivity index (χ1n) is 4.07. The third-order valence-corrected chi connectivity index (χ3v) is 2.40. The Morgan fingerprint density at radius 3 is 1.87 bits per heavy atom. The third-order valence-electron chi connectivity index (χ3n) is 2.16. The maximum Gasteiger partial charge on any atom is 0.204 e. The molecular formula is C10H7ClO4. The summed E-state index contributed by atoms with van der Waals surface area (Å²) in [4.78, 5) is 0. The number of benzene rings is 2. The highest BCUT2D eigenvalue weighted by Gasteiger charge is 2.17. The number of rotatable bonds is 0. The number of aromatic hydroxyl groups is 4. The van der Waals surface area contributed by atoms with Gasteiger partial charge in [-0.15, -0.1) is 0 Å². The minimum absolute atomic E-state index is 0.176. The van der Waals surface area contributed by atoms with Crippen LogP contribution in [-0.4, -0.2) is 20.4 Å². The Hall–Kier alpha value is -1.81. The van der Waals surface area contributed by atoms with Crippen molar-refractivity contribution in [1.82, 2.24) is 0 Å². The summed E-state index contributed by atoms with van der Waals surface area (Å²) in [5.41, 5.74) is 0. The molecule has 0 aliphatic rings. The van der Waals surface area contributed by atoms with E-state index in [0.29, 0.717) is 5.02 Å². The minimum atomic E-state index is -0.762. The van der Waals surface area contributed by atoms with E-state index in [1.165, 1.54) is 18.2 Å². The second-order valence-electron chi connectivity index (χ2n) is 3.08. The van der Waals surface area contributed by atoms with Gasteiger partial charge in [-0.3, -0.25) is 0 Å². The Labute approximate surface area is 89.6 Å². The molecule has 0 atom stereocenters. The van der Waals surface area contributed by atoms with Crippen LogP contribution in [0.3, 0.4) is 0 Å². The van der Waals surface area contributed by atoms with Crippen molar-refractivity contribution in [3.63, 3.8) is 0 Å². The summed E-state index contributed by atoms with van der Waals surface area (Å²) in [6.45, 7) is 0. The van der Waals surface area contributed by atoms with E-state index in [1.54, 1.807) is 0 Å². The fourth-order valence-corrected chi connectivity index (χ4v) is 1.57. The van der Waals surface area contributed by atoms with Gasteiger partial charge in [-0.05, 0) is 18.2 Å². The summed E-state index contributed by atoms with van der Waals surface area (Å²) in [6, 6.07) is 4.32. The van der Waals surface area contributed by atoms with Crippen molar-refractivity contribution in [2.45, 2.75) is 0 Å². The van der Waals surface area contributed by atoms with Gasteiger partial charge in [0.1, 0.15) is 0 Å². The van der Waals surface area contributed by atoms with E-state index in [4.69, 9.17) is 11.6 Å². The summed E-state index contributed by atoms with van der Waals surface area (Å²) in [5, 5.41) is 38.3. The maximum absolute atomic E-state index is 9.51. The van der Waals surface area contributed by atoms with E-state index in [1.807, 2.05) is 0 Å². The highest BCUT2D eigenvalue weighted by atomic mass is 35.5. The first kappa shape index (κ1) is 9.73. The second kappa shape index (κ2) is 3.10. The lowest BCUT2D eigenvalue weighted by Gasteiger charge is -2.08. The fraction of sp³-hybridized carbons (Fsp3) is 0. The number of hydrogen-bond donors (Lipinski definition) is 4. The largest absolute Gasteiger partial charge is 0.504 e. The van der Waals surface area contributed by atoms with E-state index < -0.39 is 23.0 Å². The first-order valence-corrected chi connectivity index (χ1v) is 4.45. The minimum Gasteiger partial charge on any atom is -0.504 e. The molecule has 78 valence electrons. The van der Waals surface area contributed by atoms with Gasteiger partial charge in [0.25, 0.3) is 0 Å². The first-order chi connectivity index (χ1) is 7.02. The molecule has 0 radical (unpaired) electrons. The van der Waals surface area contributed by atoms with Crippen LogP contribution in [0.4, 0.5) is 0 Å². The molecule has 0 unspecified atom stereocenters. The van der Waals surface area contributed by atoms with Gasteiger partial charge in [0, 0.05) is 15.8 Å². The van der Waals surface area contributed by atoms with Crippen molar-refractivity contribution >= 4 is 22.4 Å². The number of halogens is 1. The van der Waals surface area contributed by atoms with Gasteiger partial charge < -0.3 is 20.4 Å². The van der Waals surface area contributed by atoms with Crippen LogP contribution in [0.15, 0.2) is 18.2 Å². The number of phenols is 4. The van der Waals surface area contributed by atoms with E-state index in [2.05, 4.69) is 0 Å². The molecule has 0 heterocycles. The van der Waals surface area contributed by atoms with Crippen LogP contribution in [0.25, 0.3) is 10.8 Å². The summed E-state index contributed by atoms with van der Waals surface area (Å²) in [6.07, 6.45) is 0. The number of phenolic OH excluding ortho intramolecular Hbond substituents is 4. The lowest BCUT2D eigenvalue weighted by molar-refractivity contribution is 0.351. The van der Waals surface area contributed by atoms with Gasteiger partial charge in [-0.1, -0.05) is 11.6 Å². The Morgan fingerprint density at radius 1 is 0.733 bits per heavy atom. The van der Waals surface area contributed by atoms with Crippen molar-refractivity contribution in [2.75, 3.05) is 0 Å². The molecule has 0 fully saturated rings. The SMILES string of the molecule is Oc1c(O)c(O)c2cc(Cl)ccc2c1O. The lowest BCUT2D eigenvalue weighted by Crippen LogP contribution is -1.79. The van der Waals surface area contributed by atoms with E-state index >= 15 is 0 Å². The van der Waals surface area contributed by atoms with Crippen LogP contribution in [-0.2, 0) is 0 Å². The topological polar surface area (TPSA) is 80.9 Å². The van der Waals surface area contributed by atoms with Gasteiger partial charge in [0.2, 0.25) is 11.5 Å². The van der Waals surface area contributed by atoms with E-state index in [9.17, 15) is 20.4 Å². The van der Waals surface area contributed by atoms with Crippen LogP contribution in [0.1, 0.15) is 0 Å². The molecular weight excluding hydrogens is 220 g/mol. The molecule has 15 heavy (non-hydrogen) atoms. The van der Waals surface area contributed by atoms with Crippen LogP contribution < -0.4 is 0 Å². The molecule has 2 aromatic carbocycles. The van der Waals surface area contributed by atoms with Gasteiger partial charge in [-0.2, -0.15) is 0 Å². The molecule has 0 saturated heterocycles. The maximum atomic E-state index is 9.51. The molecule has 0 bridgehead atoms. The Balaban J connectivity index is 3.00. The quantitative estimate of drug-likeness (QED) is 0.411. The van der Waals surface area contributed by atoms with Gasteiger partial charge >= 0.3 is 0 Å². The second-order valence-corrected chi connectivity index (χ2v) is 3.52. The van der Waals surface area contributed by atoms with Gasteiger partial charge in [0.15, 0.2) is 11.5 Å². The number of hydrogen-bond acceptors (Lipinski definition) is 4.